The van der Waals surface area contributed by atoms with Crippen LogP contribution in [-0.4, -0.2) is 34.6 Å². The molecule has 1 atom stereocenters. The van der Waals surface area contributed by atoms with E-state index in [9.17, 15) is 9.59 Å². The Kier molecular flexibility index (Phi) is 8.67. The maximum absolute atomic E-state index is 13.0. The van der Waals surface area contributed by atoms with Crippen LogP contribution in [0, 0.1) is 0 Å². The first-order valence-electron chi connectivity index (χ1n) is 8.99. The molecule has 0 saturated carbocycles. The molecule has 2 rings (SSSR count). The summed E-state index contributed by atoms with van der Waals surface area (Å²) in [7, 11) is 0. The minimum absolute atomic E-state index is 0.00544. The zero-order valence-electron chi connectivity index (χ0n) is 16.1. The molecule has 0 aliphatic rings. The molecule has 2 amide bonds. The Morgan fingerprint density at radius 2 is 1.50 bits per heavy atom. The molecule has 0 aliphatic heterocycles. The van der Waals surface area contributed by atoms with Gasteiger partial charge >= 0.3 is 0 Å². The van der Waals surface area contributed by atoms with Crippen molar-refractivity contribution in [3.05, 3.63) is 64.1 Å². The molecule has 0 spiro atoms. The molecular weight excluding hydrogens is 415 g/mol. The van der Waals surface area contributed by atoms with Crippen LogP contribution in [0.2, 0.25) is 10.0 Å². The highest BCUT2D eigenvalue weighted by molar-refractivity contribution is 8.00. The number of hydrogen-bond acceptors (Lipinski definition) is 3. The van der Waals surface area contributed by atoms with Crippen LogP contribution >= 0.6 is 35.0 Å². The molecule has 7 heteroatoms. The average Bonchev–Trinajstić information content (AvgIpc) is 2.65. The summed E-state index contributed by atoms with van der Waals surface area (Å²) in [5.74, 6) is -0.0516. The highest BCUT2D eigenvalue weighted by Crippen LogP contribution is 2.22. The molecule has 0 unspecified atom stereocenters. The van der Waals surface area contributed by atoms with E-state index in [-0.39, 0.29) is 23.6 Å². The van der Waals surface area contributed by atoms with Crippen LogP contribution in [0.5, 0.6) is 0 Å². The lowest BCUT2D eigenvalue weighted by atomic mass is 10.1. The summed E-state index contributed by atoms with van der Waals surface area (Å²) in [4.78, 5) is 28.0. The Morgan fingerprint density at radius 1 is 0.964 bits per heavy atom. The average molecular weight is 439 g/mol. The van der Waals surface area contributed by atoms with Gasteiger partial charge < -0.3 is 10.2 Å². The largest absolute Gasteiger partial charge is 0.352 e. The number of rotatable bonds is 8. The Morgan fingerprint density at radius 3 is 2.04 bits per heavy atom. The van der Waals surface area contributed by atoms with Crippen LogP contribution in [-0.2, 0) is 16.1 Å². The van der Waals surface area contributed by atoms with Gasteiger partial charge in [0.2, 0.25) is 11.8 Å². The lowest BCUT2D eigenvalue weighted by Gasteiger charge is -2.29. The van der Waals surface area contributed by atoms with Gasteiger partial charge in [-0.1, -0.05) is 35.3 Å². The van der Waals surface area contributed by atoms with Crippen molar-refractivity contribution in [3.63, 3.8) is 0 Å². The van der Waals surface area contributed by atoms with Crippen molar-refractivity contribution in [3.8, 4) is 0 Å². The summed E-state index contributed by atoms with van der Waals surface area (Å²) in [6.07, 6.45) is 0. The fourth-order valence-electron chi connectivity index (χ4n) is 2.53. The van der Waals surface area contributed by atoms with Gasteiger partial charge in [0, 0.05) is 27.5 Å². The van der Waals surface area contributed by atoms with Gasteiger partial charge in [-0.3, -0.25) is 9.59 Å². The first-order chi connectivity index (χ1) is 13.3. The summed E-state index contributed by atoms with van der Waals surface area (Å²) in [5, 5.41) is 4.16. The van der Waals surface area contributed by atoms with E-state index in [1.54, 1.807) is 36.1 Å². The van der Waals surface area contributed by atoms with Gasteiger partial charge in [0.25, 0.3) is 0 Å². The fourth-order valence-corrected chi connectivity index (χ4v) is 3.57. The van der Waals surface area contributed by atoms with E-state index in [4.69, 9.17) is 23.2 Å². The van der Waals surface area contributed by atoms with Crippen molar-refractivity contribution in [2.75, 3.05) is 5.75 Å². The minimum atomic E-state index is -0.587. The van der Waals surface area contributed by atoms with Crippen LogP contribution in [0.3, 0.4) is 0 Å². The van der Waals surface area contributed by atoms with Crippen LogP contribution in [0.1, 0.15) is 26.3 Å². The third-order valence-corrected chi connectivity index (χ3v) is 5.54. The predicted octanol–water partition coefficient (Wildman–Crippen LogP) is 5.03. The number of halogens is 2. The van der Waals surface area contributed by atoms with Crippen LogP contribution in [0.25, 0.3) is 0 Å². The van der Waals surface area contributed by atoms with Crippen LogP contribution < -0.4 is 5.32 Å². The van der Waals surface area contributed by atoms with Crippen molar-refractivity contribution < 1.29 is 9.59 Å². The molecule has 0 fully saturated rings. The Labute approximate surface area is 180 Å². The molecule has 1 N–H and O–H groups in total. The molecule has 150 valence electrons. The Hall–Kier alpha value is -1.69. The molecule has 2 aromatic carbocycles. The normalized spacial score (nSPS) is 11.9. The molecular formula is C21H24Cl2N2O2S. The van der Waals surface area contributed by atoms with Crippen molar-refractivity contribution in [2.45, 2.75) is 44.3 Å². The van der Waals surface area contributed by atoms with Gasteiger partial charge in [-0.25, -0.2) is 0 Å². The van der Waals surface area contributed by atoms with Crippen LogP contribution in [0.4, 0.5) is 0 Å². The van der Waals surface area contributed by atoms with Gasteiger partial charge in [0.15, 0.2) is 0 Å². The third kappa shape index (κ3) is 7.04. The van der Waals surface area contributed by atoms with Crippen LogP contribution in [0.15, 0.2) is 53.4 Å². The molecule has 0 aromatic heterocycles. The second kappa shape index (κ2) is 10.7. The summed E-state index contributed by atoms with van der Waals surface area (Å²) in [6, 6.07) is 14.0. The molecule has 0 radical (unpaired) electrons. The van der Waals surface area contributed by atoms with Gasteiger partial charge in [0.1, 0.15) is 6.04 Å². The standard InChI is InChI=1S/C21H24Cl2N2O2S/c1-14(2)24-21(27)15(3)25(12-16-4-6-17(22)7-5-16)20(26)13-28-19-10-8-18(23)9-11-19/h4-11,14-15H,12-13H2,1-3H3,(H,24,27)/t15-/m0/s1. The lowest BCUT2D eigenvalue weighted by molar-refractivity contribution is -0.138. The molecule has 0 aliphatic carbocycles. The topological polar surface area (TPSA) is 49.4 Å². The third-order valence-electron chi connectivity index (χ3n) is 4.04. The second-order valence-electron chi connectivity index (χ2n) is 6.73. The van der Waals surface area contributed by atoms with Crippen molar-refractivity contribution in [1.82, 2.24) is 10.2 Å². The number of nitrogens with zero attached hydrogens (tertiary/aromatic N) is 1. The summed E-state index contributed by atoms with van der Waals surface area (Å²) in [6.45, 7) is 5.88. The predicted molar refractivity (Wildman–Crippen MR) is 117 cm³/mol. The lowest BCUT2D eigenvalue weighted by Crippen LogP contribution is -2.49. The number of amides is 2. The highest BCUT2D eigenvalue weighted by atomic mass is 35.5. The van der Waals surface area contributed by atoms with Gasteiger partial charge in [0.05, 0.1) is 5.75 Å². The first kappa shape index (κ1) is 22.6. The zero-order valence-corrected chi connectivity index (χ0v) is 18.4. The highest BCUT2D eigenvalue weighted by Gasteiger charge is 2.26. The molecule has 28 heavy (non-hydrogen) atoms. The fraction of sp³-hybridized carbons (Fsp3) is 0.333. The van der Waals surface area contributed by atoms with E-state index in [0.717, 1.165) is 10.5 Å². The maximum atomic E-state index is 13.0. The van der Waals surface area contributed by atoms with Gasteiger partial charge in [-0.2, -0.15) is 0 Å². The smallest absolute Gasteiger partial charge is 0.242 e. The van der Waals surface area contributed by atoms with Crippen molar-refractivity contribution in [2.24, 2.45) is 0 Å². The number of carbonyl (C=O) groups excluding carboxylic acids is 2. The number of carbonyl (C=O) groups is 2. The Bertz CT molecular complexity index is 795. The quantitative estimate of drug-likeness (QED) is 0.587. The monoisotopic (exact) mass is 438 g/mol. The van der Waals surface area contributed by atoms with Crippen molar-refractivity contribution >= 4 is 46.8 Å². The number of thioether (sulfide) groups is 1. The second-order valence-corrected chi connectivity index (χ2v) is 8.65. The van der Waals surface area contributed by atoms with E-state index < -0.39 is 6.04 Å². The van der Waals surface area contributed by atoms with E-state index in [1.807, 2.05) is 38.1 Å². The van der Waals surface area contributed by atoms with E-state index in [1.165, 1.54) is 11.8 Å². The molecule has 0 heterocycles. The summed E-state index contributed by atoms with van der Waals surface area (Å²) in [5.41, 5.74) is 0.915. The molecule has 0 bridgehead atoms. The van der Waals surface area contributed by atoms with Gasteiger partial charge in [-0.15, -0.1) is 11.8 Å². The number of benzene rings is 2. The van der Waals surface area contributed by atoms with Crippen molar-refractivity contribution in [1.29, 1.82) is 0 Å². The van der Waals surface area contributed by atoms with Gasteiger partial charge in [-0.05, 0) is 62.7 Å². The molecule has 2 aromatic rings. The summed E-state index contributed by atoms with van der Waals surface area (Å²) < 4.78 is 0. The zero-order chi connectivity index (χ0) is 20.7. The van der Waals surface area contributed by atoms with E-state index >= 15 is 0 Å². The number of hydrogen-bond donors (Lipinski definition) is 1. The first-order valence-corrected chi connectivity index (χ1v) is 10.7. The summed E-state index contributed by atoms with van der Waals surface area (Å²) >= 11 is 13.3. The molecule has 4 nitrogen and oxygen atoms in total. The Balaban J connectivity index is 2.12. The van der Waals surface area contributed by atoms with E-state index in [0.29, 0.717) is 16.6 Å². The number of nitrogens with one attached hydrogen (secondary N) is 1. The minimum Gasteiger partial charge on any atom is -0.352 e. The molecule has 0 saturated heterocycles. The maximum Gasteiger partial charge on any atom is 0.242 e. The van der Waals surface area contributed by atoms with E-state index in [2.05, 4.69) is 5.32 Å². The SMILES string of the molecule is CC(C)NC(=O)[C@H](C)N(Cc1ccc(Cl)cc1)C(=O)CSc1ccc(Cl)cc1.